The standard InChI is InChI=1S/C28H21F2NO4S/c29-28(30)35-19-12-10-17(11-13-19)24(32)16-34-27(33)25-21-7-1-2-9-23(21)31-26-18(5-3-8-22(25)26)15-20-6-4-14-36-20/h1-2,4,6-7,9-15,28H,3,5,8,16H2/b18-15+. The maximum atomic E-state index is 13.3. The molecule has 5 nitrogen and oxygen atoms in total. The highest BCUT2D eigenvalue weighted by Crippen LogP contribution is 2.36. The van der Waals surface area contributed by atoms with Crippen molar-refractivity contribution in [2.24, 2.45) is 0 Å². The van der Waals surface area contributed by atoms with Crippen LogP contribution in [-0.2, 0) is 11.2 Å². The lowest BCUT2D eigenvalue weighted by Crippen LogP contribution is -2.18. The maximum absolute atomic E-state index is 13.3. The highest BCUT2D eigenvalue weighted by atomic mass is 32.1. The van der Waals surface area contributed by atoms with Crippen molar-refractivity contribution < 1.29 is 27.8 Å². The topological polar surface area (TPSA) is 65.5 Å². The Morgan fingerprint density at radius 1 is 1.03 bits per heavy atom. The van der Waals surface area contributed by atoms with E-state index in [1.807, 2.05) is 41.8 Å². The first kappa shape index (κ1) is 23.8. The minimum atomic E-state index is -2.95. The average Bonchev–Trinajstić information content (AvgIpc) is 3.39. The van der Waals surface area contributed by atoms with E-state index >= 15 is 0 Å². The van der Waals surface area contributed by atoms with Crippen LogP contribution in [0.4, 0.5) is 8.78 Å². The number of carbonyl (C=O) groups excluding carboxylic acids is 2. The molecule has 0 unspecified atom stereocenters. The van der Waals surface area contributed by atoms with Gasteiger partial charge in [0.15, 0.2) is 12.4 Å². The van der Waals surface area contributed by atoms with Crippen LogP contribution in [0.3, 0.4) is 0 Å². The molecule has 0 spiro atoms. The predicted molar refractivity (Wildman–Crippen MR) is 135 cm³/mol. The van der Waals surface area contributed by atoms with Gasteiger partial charge in [-0.3, -0.25) is 4.79 Å². The largest absolute Gasteiger partial charge is 0.454 e. The van der Waals surface area contributed by atoms with Crippen molar-refractivity contribution in [1.82, 2.24) is 4.98 Å². The highest BCUT2D eigenvalue weighted by Gasteiger charge is 2.26. The van der Waals surface area contributed by atoms with Crippen molar-refractivity contribution in [3.05, 3.63) is 93.3 Å². The van der Waals surface area contributed by atoms with Gasteiger partial charge < -0.3 is 9.47 Å². The van der Waals surface area contributed by atoms with Crippen LogP contribution in [0.1, 0.15) is 49.7 Å². The molecule has 182 valence electrons. The van der Waals surface area contributed by atoms with E-state index < -0.39 is 25.0 Å². The van der Waals surface area contributed by atoms with Gasteiger partial charge in [-0.05, 0) is 78.3 Å². The zero-order valence-electron chi connectivity index (χ0n) is 19.1. The number of benzene rings is 2. The molecule has 2 aromatic heterocycles. The van der Waals surface area contributed by atoms with Crippen LogP contribution >= 0.6 is 11.3 Å². The number of ether oxygens (including phenoxy) is 2. The second-order valence-corrected chi connectivity index (χ2v) is 9.25. The Hall–Kier alpha value is -3.91. The van der Waals surface area contributed by atoms with Crippen LogP contribution in [0.25, 0.3) is 22.6 Å². The third-order valence-electron chi connectivity index (χ3n) is 5.97. The minimum Gasteiger partial charge on any atom is -0.454 e. The summed E-state index contributed by atoms with van der Waals surface area (Å²) in [6, 6.07) is 16.7. The monoisotopic (exact) mass is 505 g/mol. The SMILES string of the molecule is O=C(COC(=O)c1c2c(nc3ccccc13)/C(=C/c1cccs1)CCC2)c1ccc(OC(F)F)cc1. The molecule has 0 fully saturated rings. The molecule has 4 aromatic rings. The number of alkyl halides is 2. The summed E-state index contributed by atoms with van der Waals surface area (Å²) in [6.07, 6.45) is 4.52. The third kappa shape index (κ3) is 5.04. The zero-order chi connectivity index (χ0) is 25.1. The van der Waals surface area contributed by atoms with Gasteiger partial charge in [-0.2, -0.15) is 8.78 Å². The van der Waals surface area contributed by atoms with Gasteiger partial charge in [-0.1, -0.05) is 24.3 Å². The fraction of sp³-hybridized carbons (Fsp3) is 0.179. The molecule has 5 rings (SSSR count). The number of esters is 1. The number of para-hydroxylation sites is 1. The maximum Gasteiger partial charge on any atom is 0.387 e. The molecule has 0 aliphatic heterocycles. The number of hydrogen-bond donors (Lipinski definition) is 0. The number of hydrogen-bond acceptors (Lipinski definition) is 6. The number of carbonyl (C=O) groups is 2. The molecule has 0 N–H and O–H groups in total. The van der Waals surface area contributed by atoms with Crippen molar-refractivity contribution in [2.45, 2.75) is 25.9 Å². The van der Waals surface area contributed by atoms with Gasteiger partial charge in [-0.15, -0.1) is 11.3 Å². The first-order valence-corrected chi connectivity index (χ1v) is 12.3. The molecule has 0 amide bonds. The molecular formula is C28H21F2NO4S. The van der Waals surface area contributed by atoms with E-state index in [4.69, 9.17) is 9.72 Å². The summed E-state index contributed by atoms with van der Waals surface area (Å²) in [7, 11) is 0. The van der Waals surface area contributed by atoms with Gasteiger partial charge in [0.2, 0.25) is 0 Å². The number of allylic oxidation sites excluding steroid dienone is 1. The molecule has 0 radical (unpaired) electrons. The summed E-state index contributed by atoms with van der Waals surface area (Å²) in [5.41, 5.74) is 4.03. The van der Waals surface area contributed by atoms with Crippen LogP contribution in [-0.4, -0.2) is 30.0 Å². The van der Waals surface area contributed by atoms with Crippen LogP contribution < -0.4 is 4.74 Å². The second-order valence-electron chi connectivity index (χ2n) is 8.27. The summed E-state index contributed by atoms with van der Waals surface area (Å²) in [5.74, 6) is -1.09. The van der Waals surface area contributed by atoms with E-state index in [0.717, 1.165) is 34.5 Å². The summed E-state index contributed by atoms with van der Waals surface area (Å²) in [5, 5.41) is 2.70. The van der Waals surface area contributed by atoms with Crippen LogP contribution in [0, 0.1) is 0 Å². The molecule has 0 atom stereocenters. The normalized spacial score (nSPS) is 14.1. The molecule has 8 heteroatoms. The Bertz CT molecular complexity index is 1450. The van der Waals surface area contributed by atoms with Crippen LogP contribution in [0.5, 0.6) is 5.75 Å². The number of Topliss-reactive ketones (excluding diaryl/α,β-unsaturated/α-hetero) is 1. The summed E-state index contributed by atoms with van der Waals surface area (Å²) >= 11 is 1.64. The first-order valence-electron chi connectivity index (χ1n) is 11.4. The number of nitrogens with zero attached hydrogens (tertiary/aromatic N) is 1. The zero-order valence-corrected chi connectivity index (χ0v) is 19.9. The average molecular weight is 506 g/mol. The van der Waals surface area contributed by atoms with E-state index in [-0.39, 0.29) is 11.3 Å². The quantitative estimate of drug-likeness (QED) is 0.204. The summed E-state index contributed by atoms with van der Waals surface area (Å²) in [6.45, 7) is -3.42. The number of aromatic nitrogens is 1. The van der Waals surface area contributed by atoms with E-state index in [0.29, 0.717) is 22.9 Å². The van der Waals surface area contributed by atoms with Crippen molar-refractivity contribution in [3.8, 4) is 5.75 Å². The van der Waals surface area contributed by atoms with Crippen molar-refractivity contribution >= 4 is 45.6 Å². The number of pyridine rings is 1. The highest BCUT2D eigenvalue weighted by molar-refractivity contribution is 7.10. The molecule has 0 saturated heterocycles. The van der Waals surface area contributed by atoms with E-state index in [9.17, 15) is 18.4 Å². The Labute approximate surface area is 210 Å². The van der Waals surface area contributed by atoms with Crippen LogP contribution in [0.2, 0.25) is 0 Å². The van der Waals surface area contributed by atoms with Crippen LogP contribution in [0.15, 0.2) is 66.0 Å². The fourth-order valence-corrected chi connectivity index (χ4v) is 5.04. The molecule has 2 heterocycles. The van der Waals surface area contributed by atoms with Crippen molar-refractivity contribution in [2.75, 3.05) is 6.61 Å². The number of halogens is 2. The minimum absolute atomic E-state index is 0.0557. The smallest absolute Gasteiger partial charge is 0.387 e. The van der Waals surface area contributed by atoms with E-state index in [1.165, 1.54) is 24.3 Å². The van der Waals surface area contributed by atoms with Gasteiger partial charge in [0.05, 0.1) is 16.8 Å². The Morgan fingerprint density at radius 2 is 1.83 bits per heavy atom. The Balaban J connectivity index is 1.43. The molecule has 0 saturated carbocycles. The van der Waals surface area contributed by atoms with Gasteiger partial charge in [0, 0.05) is 15.8 Å². The molecule has 0 bridgehead atoms. The lowest BCUT2D eigenvalue weighted by Gasteiger charge is -2.22. The molecule has 2 aromatic carbocycles. The summed E-state index contributed by atoms with van der Waals surface area (Å²) < 4.78 is 34.5. The first-order chi connectivity index (χ1) is 17.5. The fourth-order valence-electron chi connectivity index (χ4n) is 4.36. The number of fused-ring (bicyclic) bond motifs is 2. The lowest BCUT2D eigenvalue weighted by atomic mass is 9.86. The second kappa shape index (κ2) is 10.4. The molecular weight excluding hydrogens is 484 g/mol. The van der Waals surface area contributed by atoms with Crippen molar-refractivity contribution in [3.63, 3.8) is 0 Å². The number of thiophene rings is 1. The van der Waals surface area contributed by atoms with Gasteiger partial charge in [-0.25, -0.2) is 9.78 Å². The van der Waals surface area contributed by atoms with Gasteiger partial charge in [0.1, 0.15) is 5.75 Å². The Kier molecular flexibility index (Phi) is 6.86. The number of ketones is 1. The van der Waals surface area contributed by atoms with Gasteiger partial charge in [0.25, 0.3) is 0 Å². The summed E-state index contributed by atoms with van der Waals surface area (Å²) in [4.78, 5) is 32.0. The third-order valence-corrected chi connectivity index (χ3v) is 6.79. The lowest BCUT2D eigenvalue weighted by molar-refractivity contribution is -0.0498. The van der Waals surface area contributed by atoms with Crippen molar-refractivity contribution in [1.29, 1.82) is 0 Å². The predicted octanol–water partition coefficient (Wildman–Crippen LogP) is 6.81. The Morgan fingerprint density at radius 3 is 2.58 bits per heavy atom. The molecule has 1 aliphatic carbocycles. The van der Waals surface area contributed by atoms with E-state index in [2.05, 4.69) is 10.8 Å². The number of rotatable bonds is 7. The molecule has 1 aliphatic rings. The molecule has 36 heavy (non-hydrogen) atoms. The van der Waals surface area contributed by atoms with Gasteiger partial charge >= 0.3 is 12.6 Å². The van der Waals surface area contributed by atoms with E-state index in [1.54, 1.807) is 11.3 Å².